The third-order valence-electron chi connectivity index (χ3n) is 10.0. The second-order valence-corrected chi connectivity index (χ2v) is 55.6. The topological polar surface area (TPSA) is 24.4 Å². The van der Waals surface area contributed by atoms with Gasteiger partial charge in [0.1, 0.15) is 0 Å². The highest BCUT2D eigenvalue weighted by Crippen LogP contribution is 2.49. The van der Waals surface area contributed by atoms with Crippen molar-refractivity contribution in [1.82, 2.24) is 0 Å². The van der Waals surface area contributed by atoms with Gasteiger partial charge in [-0.1, -0.05) is 148 Å². The molecule has 0 fully saturated rings. The van der Waals surface area contributed by atoms with E-state index in [1.807, 2.05) is 0 Å². The number of allylic oxidation sites excluding steroid dienone is 2. The van der Waals surface area contributed by atoms with Crippen molar-refractivity contribution in [3.05, 3.63) is 69.4 Å². The van der Waals surface area contributed by atoms with Gasteiger partial charge in [0.05, 0.1) is 5.69 Å². The van der Waals surface area contributed by atoms with E-state index in [0.29, 0.717) is 15.5 Å². The van der Waals surface area contributed by atoms with E-state index in [4.69, 9.17) is 4.99 Å². The first-order valence-electron chi connectivity index (χ1n) is 18.9. The van der Waals surface area contributed by atoms with E-state index >= 15 is 0 Å². The van der Waals surface area contributed by atoms with E-state index in [-0.39, 0.29) is 0 Å². The third-order valence-corrected chi connectivity index (χ3v) is 37.9. The molecule has 0 atom stereocenters. The number of benzene rings is 2. The van der Waals surface area contributed by atoms with Crippen molar-refractivity contribution < 1.29 is 0 Å². The SMILES string of the molecule is CC(/C=C(/C)Nc1c(C([Si](C)(C)C)[Si](C)(C)C)cc(C([Si](C)(C)C)[Si](C)(C)C)cc1C([Si](C)(C)C)[Si](C)(C)C)=Nc1c(C)cc(C)cc1C. The van der Waals surface area contributed by atoms with Gasteiger partial charge >= 0.3 is 0 Å². The molecule has 2 rings (SSSR count). The van der Waals surface area contributed by atoms with Crippen LogP contribution in [0.25, 0.3) is 0 Å². The van der Waals surface area contributed by atoms with Gasteiger partial charge in [0.2, 0.25) is 0 Å². The summed E-state index contributed by atoms with van der Waals surface area (Å²) in [6, 6.07) is 10.1. The lowest BCUT2D eigenvalue weighted by Crippen LogP contribution is -2.49. The summed E-state index contributed by atoms with van der Waals surface area (Å²) >= 11 is 0. The summed E-state index contributed by atoms with van der Waals surface area (Å²) in [4.78, 5) is 5.18. The average molecular weight is 768 g/mol. The van der Waals surface area contributed by atoms with E-state index in [1.165, 1.54) is 28.1 Å². The standard InChI is InChI=1S/C41H78N2Si6/c1-29-24-30(2)37(31(3)25-29)42-32(4)26-33(5)43-38-35(40(46(12,13)14)47(15,16)17)27-34(39(44(6,7)8)45(9,10)11)28-36(38)41(48(18,19)20)49(21,22)23/h24-28,39-41,43H,1-23H3/b33-26-,42-32?. The maximum atomic E-state index is 5.18. The van der Waals surface area contributed by atoms with Gasteiger partial charge in [-0.15, -0.1) is 0 Å². The van der Waals surface area contributed by atoms with Crippen molar-refractivity contribution >= 4 is 65.5 Å². The molecule has 0 aliphatic rings. The first kappa shape index (κ1) is 44.1. The molecule has 0 bridgehead atoms. The number of anilines is 1. The number of nitrogens with one attached hydrogen (secondary N) is 1. The van der Waals surface area contributed by atoms with Gasteiger partial charge < -0.3 is 5.32 Å². The summed E-state index contributed by atoms with van der Waals surface area (Å²) in [5, 5.41) is 6.23. The van der Waals surface area contributed by atoms with E-state index in [2.05, 4.69) is 188 Å². The molecule has 0 saturated heterocycles. The van der Waals surface area contributed by atoms with Crippen molar-refractivity contribution in [3.63, 3.8) is 0 Å². The predicted molar refractivity (Wildman–Crippen MR) is 246 cm³/mol. The summed E-state index contributed by atoms with van der Waals surface area (Å²) in [6.07, 6.45) is 2.29. The van der Waals surface area contributed by atoms with Crippen molar-refractivity contribution in [2.45, 2.75) is 168 Å². The fourth-order valence-corrected chi connectivity index (χ4v) is 48.5. The molecule has 2 aromatic rings. The Kier molecular flexibility index (Phi) is 13.6. The zero-order valence-corrected chi connectivity index (χ0v) is 42.6. The molecule has 0 saturated carbocycles. The highest BCUT2D eigenvalue weighted by Gasteiger charge is 2.46. The van der Waals surface area contributed by atoms with Crippen LogP contribution in [-0.4, -0.2) is 54.2 Å². The number of nitrogens with zero attached hydrogens (tertiary/aromatic N) is 1. The van der Waals surface area contributed by atoms with Gasteiger partial charge in [-0.25, -0.2) is 0 Å². The highest BCUT2D eigenvalue weighted by molar-refractivity contribution is 6.98. The average Bonchev–Trinajstić information content (AvgIpc) is 2.77. The largest absolute Gasteiger partial charge is 0.359 e. The number of aryl methyl sites for hydroxylation is 3. The third kappa shape index (κ3) is 11.5. The van der Waals surface area contributed by atoms with Crippen molar-refractivity contribution in [3.8, 4) is 0 Å². The lowest BCUT2D eigenvalue weighted by atomic mass is 10.0. The summed E-state index contributed by atoms with van der Waals surface area (Å²) < 4.78 is 0. The molecule has 0 aromatic heterocycles. The van der Waals surface area contributed by atoms with Crippen LogP contribution in [0.2, 0.25) is 118 Å². The number of rotatable bonds is 13. The normalized spacial score (nSPS) is 14.8. The molecule has 0 amide bonds. The minimum Gasteiger partial charge on any atom is -0.359 e. The first-order chi connectivity index (χ1) is 21.7. The molecule has 49 heavy (non-hydrogen) atoms. The van der Waals surface area contributed by atoms with Crippen LogP contribution in [-0.2, 0) is 0 Å². The van der Waals surface area contributed by atoms with Crippen molar-refractivity contribution in [2.24, 2.45) is 4.99 Å². The number of aliphatic imine (C=N–C) groups is 1. The molecule has 0 radical (unpaired) electrons. The van der Waals surface area contributed by atoms with Crippen molar-refractivity contribution in [1.29, 1.82) is 0 Å². The molecular weight excluding hydrogens is 689 g/mol. The predicted octanol–water partition coefficient (Wildman–Crippen LogP) is 14.2. The Morgan fingerprint density at radius 2 is 0.857 bits per heavy atom. The number of hydrogen-bond acceptors (Lipinski definition) is 2. The van der Waals surface area contributed by atoms with Gasteiger partial charge in [-0.2, -0.15) is 0 Å². The number of hydrogen-bond donors (Lipinski definition) is 1. The van der Waals surface area contributed by atoms with Crippen LogP contribution in [0, 0.1) is 20.8 Å². The van der Waals surface area contributed by atoms with E-state index in [0.717, 1.165) is 11.4 Å². The van der Waals surface area contributed by atoms with E-state index < -0.39 is 48.4 Å². The Morgan fingerprint density at radius 1 is 0.531 bits per heavy atom. The van der Waals surface area contributed by atoms with Crippen LogP contribution in [0.4, 0.5) is 11.4 Å². The second-order valence-electron chi connectivity index (χ2n) is 22.0. The summed E-state index contributed by atoms with van der Waals surface area (Å²) in [5.74, 6) is 0. The van der Waals surface area contributed by atoms with Gasteiger partial charge in [-0.05, 0) is 84.0 Å². The van der Waals surface area contributed by atoms with Gasteiger partial charge in [0.15, 0.2) is 0 Å². The molecule has 0 unspecified atom stereocenters. The molecule has 0 spiro atoms. The lowest BCUT2D eigenvalue weighted by Gasteiger charge is -2.46. The van der Waals surface area contributed by atoms with Gasteiger partial charge in [-0.3, -0.25) is 4.99 Å². The molecule has 8 heteroatoms. The quantitative estimate of drug-likeness (QED) is 0.159. The van der Waals surface area contributed by atoms with Crippen LogP contribution < -0.4 is 5.32 Å². The Morgan fingerprint density at radius 3 is 1.16 bits per heavy atom. The fourth-order valence-electron chi connectivity index (χ4n) is 10.3. The molecule has 0 heterocycles. The Bertz CT molecular complexity index is 1430. The van der Waals surface area contributed by atoms with E-state index in [1.54, 1.807) is 16.7 Å². The maximum absolute atomic E-state index is 5.18. The molecule has 2 nitrogen and oxygen atoms in total. The molecule has 1 N–H and O–H groups in total. The Hall–Kier alpha value is -1.05. The Balaban J connectivity index is 3.19. The molecular formula is C41H78N2Si6. The first-order valence-corrected chi connectivity index (χ1v) is 40.4. The lowest BCUT2D eigenvalue weighted by molar-refractivity contribution is 1.08. The molecule has 0 aliphatic heterocycles. The minimum absolute atomic E-state index is 0.648. The summed E-state index contributed by atoms with van der Waals surface area (Å²) in [5.41, 5.74) is 13.6. The van der Waals surface area contributed by atoms with Gasteiger partial charge in [0.25, 0.3) is 0 Å². The fraction of sp³-hybridized carbons (Fsp3) is 0.634. The van der Waals surface area contributed by atoms with Gasteiger partial charge in [0, 0.05) is 65.5 Å². The molecule has 2 aromatic carbocycles. The maximum Gasteiger partial charge on any atom is 0.0691 e. The van der Waals surface area contributed by atoms with Crippen LogP contribution in [0.1, 0.15) is 62.7 Å². The monoisotopic (exact) mass is 766 g/mol. The van der Waals surface area contributed by atoms with Crippen molar-refractivity contribution in [2.75, 3.05) is 5.32 Å². The van der Waals surface area contributed by atoms with E-state index in [9.17, 15) is 0 Å². The zero-order valence-electron chi connectivity index (χ0n) is 36.6. The molecule has 276 valence electrons. The smallest absolute Gasteiger partial charge is 0.0691 e. The summed E-state index contributed by atoms with van der Waals surface area (Å²) in [7, 11) is -9.53. The minimum atomic E-state index is -1.62. The van der Waals surface area contributed by atoms with Crippen LogP contribution >= 0.6 is 0 Å². The zero-order chi connectivity index (χ0) is 38.5. The second kappa shape index (κ2) is 15.1. The summed E-state index contributed by atoms with van der Waals surface area (Å²) in [6.45, 7) is 58.5. The Labute approximate surface area is 311 Å². The highest BCUT2D eigenvalue weighted by atomic mass is 28.4. The van der Waals surface area contributed by atoms with Crippen LogP contribution in [0.5, 0.6) is 0 Å². The van der Waals surface area contributed by atoms with Crippen LogP contribution in [0.15, 0.2) is 41.0 Å². The molecule has 0 aliphatic carbocycles. The van der Waals surface area contributed by atoms with Crippen LogP contribution in [0.3, 0.4) is 0 Å².